The van der Waals surface area contributed by atoms with Crippen molar-refractivity contribution in [1.29, 1.82) is 0 Å². The average Bonchev–Trinajstić information content (AvgIpc) is 3.11. The van der Waals surface area contributed by atoms with Gasteiger partial charge in [-0.15, -0.1) is 0 Å². The number of carbonyl (C=O) groups excluding carboxylic acids is 1. The molecule has 1 aliphatic heterocycles. The van der Waals surface area contributed by atoms with Crippen LogP contribution >= 0.6 is 0 Å². The van der Waals surface area contributed by atoms with Crippen molar-refractivity contribution in [2.75, 3.05) is 6.54 Å². The molecule has 22 heavy (non-hydrogen) atoms. The van der Waals surface area contributed by atoms with Crippen molar-refractivity contribution >= 4 is 16.8 Å². The molecule has 0 atom stereocenters. The van der Waals surface area contributed by atoms with Gasteiger partial charge in [-0.1, -0.05) is 5.16 Å². The molecule has 4 rings (SSSR count). The summed E-state index contributed by atoms with van der Waals surface area (Å²) in [5.41, 5.74) is 3.92. The Morgan fingerprint density at radius 2 is 2.32 bits per heavy atom. The first-order chi connectivity index (χ1) is 10.6. The number of nitrogens with zero attached hydrogens (tertiary/aromatic N) is 2. The number of hydrogen-bond acceptors (Lipinski definition) is 3. The van der Waals surface area contributed by atoms with Crippen molar-refractivity contribution in [1.82, 2.24) is 15.0 Å². The summed E-state index contributed by atoms with van der Waals surface area (Å²) >= 11 is 0. The number of aromatic nitrogens is 2. The van der Waals surface area contributed by atoms with E-state index in [0.717, 1.165) is 27.7 Å². The quantitative estimate of drug-likeness (QED) is 0.751. The number of halogens is 1. The lowest BCUT2D eigenvalue weighted by Gasteiger charge is -2.25. The van der Waals surface area contributed by atoms with Gasteiger partial charge in [0.15, 0.2) is 0 Å². The zero-order chi connectivity index (χ0) is 15.3. The Balaban J connectivity index is 1.70. The summed E-state index contributed by atoms with van der Waals surface area (Å²) in [5.74, 6) is -0.387. The number of carbonyl (C=O) groups is 1. The zero-order valence-corrected chi connectivity index (χ0v) is 12.0. The van der Waals surface area contributed by atoms with Crippen molar-refractivity contribution in [3.63, 3.8) is 0 Å². The van der Waals surface area contributed by atoms with E-state index in [1.54, 1.807) is 17.2 Å². The highest BCUT2D eigenvalue weighted by Gasteiger charge is 2.26. The maximum Gasteiger partial charge on any atom is 0.270 e. The van der Waals surface area contributed by atoms with Crippen LogP contribution in [0.2, 0.25) is 0 Å². The molecular formula is C16H14FN3O2. The lowest BCUT2D eigenvalue weighted by atomic mass is 10.1. The topological polar surface area (TPSA) is 62.1 Å². The molecule has 6 heteroatoms. The molecule has 3 aromatic rings. The van der Waals surface area contributed by atoms with Crippen LogP contribution in [-0.4, -0.2) is 27.5 Å². The van der Waals surface area contributed by atoms with Crippen molar-refractivity contribution < 1.29 is 13.7 Å². The maximum atomic E-state index is 13.4. The SMILES string of the molecule is Cc1c(C(=O)N2CCc3nocc3C2)[nH]c2ccc(F)cc12. The predicted molar refractivity (Wildman–Crippen MR) is 77.9 cm³/mol. The van der Waals surface area contributed by atoms with E-state index in [2.05, 4.69) is 10.1 Å². The number of amides is 1. The van der Waals surface area contributed by atoms with Gasteiger partial charge >= 0.3 is 0 Å². The van der Waals surface area contributed by atoms with Gasteiger partial charge in [0.25, 0.3) is 5.91 Å². The van der Waals surface area contributed by atoms with Gasteiger partial charge in [-0.3, -0.25) is 4.79 Å². The normalized spacial score (nSPS) is 14.4. The Bertz CT molecular complexity index is 881. The van der Waals surface area contributed by atoms with Crippen LogP contribution in [0.15, 0.2) is 29.0 Å². The summed E-state index contributed by atoms with van der Waals surface area (Å²) < 4.78 is 18.3. The molecule has 0 saturated heterocycles. The first-order valence-electron chi connectivity index (χ1n) is 7.12. The van der Waals surface area contributed by atoms with E-state index < -0.39 is 0 Å². The van der Waals surface area contributed by atoms with E-state index in [9.17, 15) is 9.18 Å². The highest BCUT2D eigenvalue weighted by Crippen LogP contribution is 2.25. The van der Waals surface area contributed by atoms with Crippen LogP contribution in [0, 0.1) is 12.7 Å². The van der Waals surface area contributed by atoms with Gasteiger partial charge in [0.2, 0.25) is 0 Å². The van der Waals surface area contributed by atoms with Crippen LogP contribution in [0.25, 0.3) is 10.9 Å². The Morgan fingerprint density at radius 1 is 1.45 bits per heavy atom. The molecule has 0 fully saturated rings. The average molecular weight is 299 g/mol. The van der Waals surface area contributed by atoms with E-state index in [-0.39, 0.29) is 11.7 Å². The van der Waals surface area contributed by atoms with E-state index in [1.165, 1.54) is 12.1 Å². The number of fused-ring (bicyclic) bond motifs is 2. The molecule has 1 amide bonds. The van der Waals surface area contributed by atoms with Crippen molar-refractivity contribution in [3.05, 3.63) is 52.8 Å². The first-order valence-corrected chi connectivity index (χ1v) is 7.12. The second-order valence-electron chi connectivity index (χ2n) is 5.58. The number of rotatable bonds is 1. The summed E-state index contributed by atoms with van der Waals surface area (Å²) in [4.78, 5) is 17.6. The molecular weight excluding hydrogens is 285 g/mol. The van der Waals surface area contributed by atoms with Crippen LogP contribution in [0.4, 0.5) is 4.39 Å². The van der Waals surface area contributed by atoms with Crippen LogP contribution < -0.4 is 0 Å². The summed E-state index contributed by atoms with van der Waals surface area (Å²) in [6, 6.07) is 4.49. The number of aromatic amines is 1. The third-order valence-corrected chi connectivity index (χ3v) is 4.23. The fourth-order valence-corrected chi connectivity index (χ4v) is 2.98. The minimum absolute atomic E-state index is 0.0824. The molecule has 0 radical (unpaired) electrons. The van der Waals surface area contributed by atoms with Gasteiger partial charge in [-0.25, -0.2) is 4.39 Å². The number of nitrogens with one attached hydrogen (secondary N) is 1. The van der Waals surface area contributed by atoms with Gasteiger partial charge in [0.05, 0.1) is 12.2 Å². The second-order valence-corrected chi connectivity index (χ2v) is 5.58. The molecule has 112 valence electrons. The van der Waals surface area contributed by atoms with E-state index in [1.807, 2.05) is 6.92 Å². The molecule has 1 aromatic carbocycles. The molecule has 2 aromatic heterocycles. The Hall–Kier alpha value is -2.63. The highest BCUT2D eigenvalue weighted by molar-refractivity contribution is 6.00. The molecule has 0 unspecified atom stereocenters. The zero-order valence-electron chi connectivity index (χ0n) is 12.0. The lowest BCUT2D eigenvalue weighted by molar-refractivity contribution is 0.0728. The summed E-state index contributed by atoms with van der Waals surface area (Å²) in [6.07, 6.45) is 2.27. The van der Waals surface area contributed by atoms with Crippen LogP contribution in [-0.2, 0) is 13.0 Å². The fourth-order valence-electron chi connectivity index (χ4n) is 2.98. The molecule has 1 N–H and O–H groups in total. The highest BCUT2D eigenvalue weighted by atomic mass is 19.1. The smallest absolute Gasteiger partial charge is 0.270 e. The van der Waals surface area contributed by atoms with Crippen molar-refractivity contribution in [2.45, 2.75) is 19.9 Å². The Kier molecular flexibility index (Phi) is 2.79. The third kappa shape index (κ3) is 1.91. The molecule has 3 heterocycles. The van der Waals surface area contributed by atoms with Crippen molar-refractivity contribution in [2.24, 2.45) is 0 Å². The monoisotopic (exact) mass is 299 g/mol. The number of aryl methyl sites for hydroxylation is 1. The molecule has 0 saturated carbocycles. The minimum Gasteiger partial charge on any atom is -0.364 e. The summed E-state index contributed by atoms with van der Waals surface area (Å²) in [6.45, 7) is 2.92. The molecule has 0 bridgehead atoms. The Labute approximate surface area is 125 Å². The maximum absolute atomic E-state index is 13.4. The van der Waals surface area contributed by atoms with Gasteiger partial charge in [0.1, 0.15) is 17.8 Å². The lowest BCUT2D eigenvalue weighted by Crippen LogP contribution is -2.36. The number of benzene rings is 1. The molecule has 0 spiro atoms. The summed E-state index contributed by atoms with van der Waals surface area (Å²) in [5, 5.41) is 4.66. The second kappa shape index (κ2) is 4.69. The van der Waals surface area contributed by atoms with Crippen molar-refractivity contribution in [3.8, 4) is 0 Å². The van der Waals surface area contributed by atoms with E-state index >= 15 is 0 Å². The Morgan fingerprint density at radius 3 is 3.18 bits per heavy atom. The van der Waals surface area contributed by atoms with E-state index in [4.69, 9.17) is 4.52 Å². The van der Waals surface area contributed by atoms with Crippen LogP contribution in [0.5, 0.6) is 0 Å². The van der Waals surface area contributed by atoms with Gasteiger partial charge in [-0.2, -0.15) is 0 Å². The largest absolute Gasteiger partial charge is 0.364 e. The van der Waals surface area contributed by atoms with E-state index in [0.29, 0.717) is 25.2 Å². The third-order valence-electron chi connectivity index (χ3n) is 4.23. The van der Waals surface area contributed by atoms with Gasteiger partial charge in [0, 0.05) is 29.4 Å². The first kappa shape index (κ1) is 13.1. The van der Waals surface area contributed by atoms with Gasteiger partial charge in [-0.05, 0) is 30.7 Å². The molecule has 0 aliphatic carbocycles. The molecule has 5 nitrogen and oxygen atoms in total. The number of hydrogen-bond donors (Lipinski definition) is 1. The predicted octanol–water partition coefficient (Wildman–Crippen LogP) is 2.80. The number of H-pyrrole nitrogens is 1. The standard InChI is InChI=1S/C16H14FN3O2/c1-9-12-6-11(17)2-3-14(12)18-15(9)16(21)20-5-4-13-10(7-20)8-22-19-13/h2-3,6,8,18H,4-5,7H2,1H3. The molecule has 1 aliphatic rings. The van der Waals surface area contributed by atoms with Crippen LogP contribution in [0.3, 0.4) is 0 Å². The van der Waals surface area contributed by atoms with Crippen LogP contribution in [0.1, 0.15) is 27.3 Å². The fraction of sp³-hybridized carbons (Fsp3) is 0.250. The van der Waals surface area contributed by atoms with Gasteiger partial charge < -0.3 is 14.4 Å². The summed E-state index contributed by atoms with van der Waals surface area (Å²) in [7, 11) is 0. The minimum atomic E-state index is -0.305.